The van der Waals surface area contributed by atoms with Crippen molar-refractivity contribution in [3.8, 4) is 0 Å². The van der Waals surface area contributed by atoms with Gasteiger partial charge in [-0.15, -0.1) is 0 Å². The maximum absolute atomic E-state index is 4.76. The topological polar surface area (TPSA) is 71.4 Å². The predicted octanol–water partition coefficient (Wildman–Crippen LogP) is 2.16. The number of H-pyrrole nitrogens is 1. The highest BCUT2D eigenvalue weighted by Crippen LogP contribution is 2.35. The van der Waals surface area contributed by atoms with E-state index in [1.165, 1.54) is 22.3 Å². The third kappa shape index (κ3) is 1.58. The first kappa shape index (κ1) is 12.2. The molecule has 6 heteroatoms. The summed E-state index contributed by atoms with van der Waals surface area (Å²) in [7, 11) is 0. The fourth-order valence-corrected chi connectivity index (χ4v) is 4.03. The number of rotatable bonds is 1. The van der Waals surface area contributed by atoms with E-state index < -0.39 is 0 Å². The van der Waals surface area contributed by atoms with Gasteiger partial charge in [-0.25, -0.2) is 9.97 Å². The van der Waals surface area contributed by atoms with Crippen molar-refractivity contribution in [2.75, 3.05) is 11.9 Å². The monoisotopic (exact) mass is 294 g/mol. The second kappa shape index (κ2) is 4.32. The molecule has 3 aromatic heterocycles. The number of pyridine rings is 1. The summed E-state index contributed by atoms with van der Waals surface area (Å²) in [6.45, 7) is 3.09. The molecule has 6 nitrogen and oxygen atoms in total. The van der Waals surface area contributed by atoms with E-state index in [4.69, 9.17) is 4.98 Å². The van der Waals surface area contributed by atoms with E-state index in [0.717, 1.165) is 49.4 Å². The lowest BCUT2D eigenvalue weighted by molar-refractivity contribution is 0.441. The van der Waals surface area contributed by atoms with Crippen molar-refractivity contribution in [3.05, 3.63) is 35.0 Å². The van der Waals surface area contributed by atoms with Crippen LogP contribution in [0.25, 0.3) is 11.0 Å². The minimum absolute atomic E-state index is 0.460. The van der Waals surface area contributed by atoms with Crippen LogP contribution in [-0.4, -0.2) is 31.3 Å². The lowest BCUT2D eigenvalue weighted by Crippen LogP contribution is -2.19. The number of anilines is 1. The molecule has 0 aromatic carbocycles. The Bertz CT molecular complexity index is 874. The summed E-state index contributed by atoms with van der Waals surface area (Å²) in [6, 6.07) is 0.460. The molecule has 1 aliphatic carbocycles. The zero-order valence-corrected chi connectivity index (χ0v) is 12.6. The zero-order valence-electron chi connectivity index (χ0n) is 12.6. The van der Waals surface area contributed by atoms with E-state index in [1.54, 1.807) is 0 Å². The van der Waals surface area contributed by atoms with Gasteiger partial charge in [0.2, 0.25) is 0 Å². The number of hydrogen-bond acceptors (Lipinski definition) is 4. The van der Waals surface area contributed by atoms with Gasteiger partial charge in [-0.3, -0.25) is 5.10 Å². The van der Waals surface area contributed by atoms with Crippen LogP contribution in [0.2, 0.25) is 0 Å². The third-order valence-electron chi connectivity index (χ3n) is 5.03. The molecule has 0 radical (unpaired) electrons. The standard InChI is InChI=1S/C16H18N6/c1-9-20-14-8-18-16-12(4-5-17-16)15(14)22(9)11-2-3-13-10(6-11)7-19-21-13/h7-8,11H,2-6H2,1H3,(H,17,18)(H,19,21). The van der Waals surface area contributed by atoms with Gasteiger partial charge in [0.05, 0.1) is 17.9 Å². The van der Waals surface area contributed by atoms with Gasteiger partial charge in [0.15, 0.2) is 0 Å². The van der Waals surface area contributed by atoms with Crippen LogP contribution in [-0.2, 0) is 19.3 Å². The van der Waals surface area contributed by atoms with E-state index in [0.29, 0.717) is 6.04 Å². The van der Waals surface area contributed by atoms with E-state index >= 15 is 0 Å². The molecule has 0 saturated carbocycles. The lowest BCUT2D eigenvalue weighted by Gasteiger charge is -2.25. The van der Waals surface area contributed by atoms with E-state index in [9.17, 15) is 0 Å². The van der Waals surface area contributed by atoms with E-state index in [2.05, 4.69) is 32.0 Å². The Morgan fingerprint density at radius 2 is 2.23 bits per heavy atom. The predicted molar refractivity (Wildman–Crippen MR) is 84.1 cm³/mol. The van der Waals surface area contributed by atoms with Crippen LogP contribution < -0.4 is 5.32 Å². The fourth-order valence-electron chi connectivity index (χ4n) is 4.03. The average molecular weight is 294 g/mol. The molecule has 22 heavy (non-hydrogen) atoms. The molecule has 2 aliphatic rings. The van der Waals surface area contributed by atoms with Crippen molar-refractivity contribution in [3.63, 3.8) is 0 Å². The molecule has 0 spiro atoms. The Kier molecular flexibility index (Phi) is 2.39. The summed E-state index contributed by atoms with van der Waals surface area (Å²) in [4.78, 5) is 9.27. The molecular weight excluding hydrogens is 276 g/mol. The Hall–Kier alpha value is -2.37. The van der Waals surface area contributed by atoms with Crippen molar-refractivity contribution in [1.82, 2.24) is 24.7 Å². The van der Waals surface area contributed by atoms with Crippen LogP contribution >= 0.6 is 0 Å². The molecule has 5 rings (SSSR count). The number of hydrogen-bond donors (Lipinski definition) is 2. The van der Waals surface area contributed by atoms with E-state index in [-0.39, 0.29) is 0 Å². The smallest absolute Gasteiger partial charge is 0.131 e. The average Bonchev–Trinajstić information content (AvgIpc) is 3.22. The summed E-state index contributed by atoms with van der Waals surface area (Å²) in [5.74, 6) is 2.13. The van der Waals surface area contributed by atoms with Gasteiger partial charge in [0, 0.05) is 23.8 Å². The second-order valence-corrected chi connectivity index (χ2v) is 6.30. The summed E-state index contributed by atoms with van der Waals surface area (Å²) < 4.78 is 2.44. The van der Waals surface area contributed by atoms with Crippen LogP contribution in [0.15, 0.2) is 12.4 Å². The molecule has 0 saturated heterocycles. The largest absolute Gasteiger partial charge is 0.369 e. The maximum Gasteiger partial charge on any atom is 0.131 e. The zero-order chi connectivity index (χ0) is 14.7. The minimum Gasteiger partial charge on any atom is -0.369 e. The Morgan fingerprint density at radius 1 is 1.27 bits per heavy atom. The fraction of sp³-hybridized carbons (Fsp3) is 0.438. The summed E-state index contributed by atoms with van der Waals surface area (Å²) in [5, 5.41) is 10.7. The van der Waals surface area contributed by atoms with Crippen LogP contribution in [0.1, 0.15) is 35.1 Å². The molecule has 0 bridgehead atoms. The van der Waals surface area contributed by atoms with Crippen LogP contribution in [0.4, 0.5) is 5.82 Å². The lowest BCUT2D eigenvalue weighted by atomic mass is 9.93. The molecule has 112 valence electrons. The highest BCUT2D eigenvalue weighted by molar-refractivity contribution is 5.84. The van der Waals surface area contributed by atoms with Crippen molar-refractivity contribution >= 4 is 16.9 Å². The normalized spacial score (nSPS) is 20.0. The van der Waals surface area contributed by atoms with Crippen molar-refractivity contribution in [2.24, 2.45) is 0 Å². The quantitative estimate of drug-likeness (QED) is 0.721. The van der Waals surface area contributed by atoms with Gasteiger partial charge < -0.3 is 9.88 Å². The van der Waals surface area contributed by atoms with Gasteiger partial charge in [0.1, 0.15) is 17.2 Å². The molecule has 0 fully saturated rings. The van der Waals surface area contributed by atoms with Crippen LogP contribution in [0.3, 0.4) is 0 Å². The van der Waals surface area contributed by atoms with Crippen LogP contribution in [0.5, 0.6) is 0 Å². The number of aromatic nitrogens is 5. The van der Waals surface area contributed by atoms with Crippen molar-refractivity contribution in [1.29, 1.82) is 0 Å². The molecule has 1 unspecified atom stereocenters. The van der Waals surface area contributed by atoms with E-state index in [1.807, 2.05) is 12.4 Å². The van der Waals surface area contributed by atoms with Gasteiger partial charge in [-0.2, -0.15) is 5.10 Å². The SMILES string of the molecule is Cc1nc2cnc3c(c2n1C1CCc2[nH]ncc2C1)CCN3. The highest BCUT2D eigenvalue weighted by Gasteiger charge is 2.27. The first-order valence-electron chi connectivity index (χ1n) is 7.92. The molecule has 4 heterocycles. The number of aromatic amines is 1. The van der Waals surface area contributed by atoms with Gasteiger partial charge in [-0.1, -0.05) is 0 Å². The van der Waals surface area contributed by atoms with Crippen molar-refractivity contribution < 1.29 is 0 Å². The second-order valence-electron chi connectivity index (χ2n) is 6.30. The molecule has 3 aromatic rings. The Morgan fingerprint density at radius 3 is 3.18 bits per heavy atom. The first-order chi connectivity index (χ1) is 10.8. The maximum atomic E-state index is 4.76. The molecule has 0 amide bonds. The summed E-state index contributed by atoms with van der Waals surface area (Å²) >= 11 is 0. The van der Waals surface area contributed by atoms with Gasteiger partial charge in [0.25, 0.3) is 0 Å². The highest BCUT2D eigenvalue weighted by atomic mass is 15.1. The number of imidazole rings is 1. The number of aryl methyl sites for hydroxylation is 2. The Balaban J connectivity index is 1.69. The summed E-state index contributed by atoms with van der Waals surface area (Å²) in [5.41, 5.74) is 6.28. The minimum atomic E-state index is 0.460. The number of nitrogens with one attached hydrogen (secondary N) is 2. The molecule has 2 N–H and O–H groups in total. The number of fused-ring (bicyclic) bond motifs is 4. The van der Waals surface area contributed by atoms with Gasteiger partial charge in [-0.05, 0) is 38.2 Å². The molecule has 1 atom stereocenters. The van der Waals surface area contributed by atoms with Crippen LogP contribution in [0, 0.1) is 6.92 Å². The van der Waals surface area contributed by atoms with Crippen molar-refractivity contribution in [2.45, 2.75) is 38.6 Å². The third-order valence-corrected chi connectivity index (χ3v) is 5.03. The first-order valence-corrected chi connectivity index (χ1v) is 7.92. The summed E-state index contributed by atoms with van der Waals surface area (Å²) in [6.07, 6.45) is 8.14. The molecule has 1 aliphatic heterocycles. The Labute approximate surface area is 128 Å². The van der Waals surface area contributed by atoms with Gasteiger partial charge >= 0.3 is 0 Å². The molecular formula is C16H18N6. The number of nitrogens with zero attached hydrogens (tertiary/aromatic N) is 4.